The van der Waals surface area contributed by atoms with Gasteiger partial charge in [0.2, 0.25) is 0 Å². The molecular formula is C20H17ClN4O2. The lowest BCUT2D eigenvalue weighted by Gasteiger charge is -2.19. The van der Waals surface area contributed by atoms with E-state index in [-0.39, 0.29) is 17.5 Å². The summed E-state index contributed by atoms with van der Waals surface area (Å²) in [4.78, 5) is 16.8. The zero-order valence-electron chi connectivity index (χ0n) is 14.6. The fraction of sp³-hybridized carbons (Fsp3) is 0.150. The van der Waals surface area contributed by atoms with Gasteiger partial charge in [-0.25, -0.2) is 4.98 Å². The minimum atomic E-state index is -0.404. The molecule has 0 aliphatic carbocycles. The molecule has 3 rings (SSSR count). The van der Waals surface area contributed by atoms with Gasteiger partial charge in [0.25, 0.3) is 5.91 Å². The zero-order chi connectivity index (χ0) is 19.2. The predicted molar refractivity (Wildman–Crippen MR) is 101 cm³/mol. The van der Waals surface area contributed by atoms with E-state index in [0.29, 0.717) is 17.1 Å². The normalized spacial score (nSPS) is 11.4. The monoisotopic (exact) mass is 380 g/mol. The maximum absolute atomic E-state index is 12.5. The highest BCUT2D eigenvalue weighted by atomic mass is 35.5. The Morgan fingerprint density at radius 2 is 2.11 bits per heavy atom. The zero-order valence-corrected chi connectivity index (χ0v) is 15.3. The number of nitrogens with one attached hydrogen (secondary N) is 1. The topological polar surface area (TPSA) is 79.9 Å². The van der Waals surface area contributed by atoms with Crippen molar-refractivity contribution in [3.63, 3.8) is 0 Å². The fourth-order valence-corrected chi connectivity index (χ4v) is 2.87. The van der Waals surface area contributed by atoms with Gasteiger partial charge in [-0.05, 0) is 23.8 Å². The van der Waals surface area contributed by atoms with Crippen molar-refractivity contribution in [1.82, 2.24) is 14.9 Å². The summed E-state index contributed by atoms with van der Waals surface area (Å²) in [6.45, 7) is -0.209. The maximum atomic E-state index is 12.5. The second-order valence-electron chi connectivity index (χ2n) is 5.85. The number of nitrogens with zero attached hydrogens (tertiary/aromatic N) is 3. The van der Waals surface area contributed by atoms with E-state index < -0.39 is 6.04 Å². The van der Waals surface area contributed by atoms with E-state index in [0.717, 1.165) is 5.56 Å². The van der Waals surface area contributed by atoms with E-state index in [1.807, 2.05) is 54.2 Å². The van der Waals surface area contributed by atoms with Gasteiger partial charge in [-0.2, -0.15) is 5.26 Å². The number of carbonyl (C=O) groups is 1. The molecule has 1 N–H and O–H groups in total. The highest BCUT2D eigenvalue weighted by molar-refractivity contribution is 6.32. The van der Waals surface area contributed by atoms with Gasteiger partial charge in [0.1, 0.15) is 17.6 Å². The second kappa shape index (κ2) is 8.39. The third-order valence-electron chi connectivity index (χ3n) is 3.97. The molecule has 0 aliphatic heterocycles. The Bertz CT molecular complexity index is 979. The molecule has 0 fully saturated rings. The molecule has 6 nitrogen and oxygen atoms in total. The molecule has 2 aromatic carbocycles. The quantitative estimate of drug-likeness (QED) is 0.712. The van der Waals surface area contributed by atoms with Crippen LogP contribution in [0.1, 0.15) is 23.0 Å². The first-order valence-electron chi connectivity index (χ1n) is 8.22. The summed E-state index contributed by atoms with van der Waals surface area (Å²) in [5, 5.41) is 12.1. The number of hydrogen-bond acceptors (Lipinski definition) is 4. The van der Waals surface area contributed by atoms with Crippen LogP contribution < -0.4 is 10.1 Å². The Balaban J connectivity index is 1.72. The molecule has 0 bridgehead atoms. The van der Waals surface area contributed by atoms with Crippen LogP contribution in [0.2, 0.25) is 5.02 Å². The van der Waals surface area contributed by atoms with Crippen molar-refractivity contribution in [1.29, 1.82) is 5.26 Å². The summed E-state index contributed by atoms with van der Waals surface area (Å²) in [6, 6.07) is 15.8. The maximum Gasteiger partial charge on any atom is 0.258 e. The van der Waals surface area contributed by atoms with Crippen molar-refractivity contribution in [3.8, 4) is 11.8 Å². The van der Waals surface area contributed by atoms with Crippen LogP contribution in [0.4, 0.5) is 0 Å². The number of rotatable bonds is 6. The lowest BCUT2D eigenvalue weighted by atomic mass is 10.1. The van der Waals surface area contributed by atoms with Crippen LogP contribution >= 0.6 is 11.6 Å². The van der Waals surface area contributed by atoms with Gasteiger partial charge in [0.15, 0.2) is 6.61 Å². The predicted octanol–water partition coefficient (Wildman–Crippen LogP) is 3.23. The summed E-state index contributed by atoms with van der Waals surface area (Å²) in [6.07, 6.45) is 3.51. The summed E-state index contributed by atoms with van der Waals surface area (Å²) >= 11 is 6.07. The number of carbonyl (C=O) groups excluding carboxylic acids is 1. The molecule has 0 saturated carbocycles. The molecule has 3 aromatic rings. The molecule has 1 heterocycles. The van der Waals surface area contributed by atoms with Crippen molar-refractivity contribution in [3.05, 3.63) is 82.9 Å². The van der Waals surface area contributed by atoms with Gasteiger partial charge in [-0.15, -0.1) is 0 Å². The molecule has 136 valence electrons. The third-order valence-corrected chi connectivity index (χ3v) is 4.27. The Morgan fingerprint density at radius 3 is 2.74 bits per heavy atom. The molecule has 7 heteroatoms. The van der Waals surface area contributed by atoms with Gasteiger partial charge in [-0.3, -0.25) is 4.79 Å². The molecule has 1 atom stereocenters. The number of hydrogen-bond donors (Lipinski definition) is 1. The SMILES string of the molecule is Cn1ccnc1[C@@H](NC(=O)COc1ccc(C#N)cc1Cl)c1ccccc1. The molecule has 0 aliphatic rings. The fourth-order valence-electron chi connectivity index (χ4n) is 2.63. The van der Waals surface area contributed by atoms with Gasteiger partial charge in [-0.1, -0.05) is 41.9 Å². The van der Waals surface area contributed by atoms with Crippen molar-refractivity contribution in [2.24, 2.45) is 7.05 Å². The molecule has 0 unspecified atom stereocenters. The number of imidazole rings is 1. The summed E-state index contributed by atoms with van der Waals surface area (Å²) in [5.74, 6) is 0.748. The molecule has 27 heavy (non-hydrogen) atoms. The molecule has 1 amide bonds. The molecular weight excluding hydrogens is 364 g/mol. The number of aromatic nitrogens is 2. The van der Waals surface area contributed by atoms with Crippen LogP contribution in [0.5, 0.6) is 5.75 Å². The minimum Gasteiger partial charge on any atom is -0.482 e. The number of ether oxygens (including phenoxy) is 1. The first-order valence-corrected chi connectivity index (χ1v) is 8.60. The van der Waals surface area contributed by atoms with Crippen LogP contribution in [-0.4, -0.2) is 22.1 Å². The first kappa shape index (κ1) is 18.5. The summed E-state index contributed by atoms with van der Waals surface area (Å²) in [5.41, 5.74) is 1.34. The van der Waals surface area contributed by atoms with Crippen LogP contribution in [0.3, 0.4) is 0 Å². The number of amides is 1. The summed E-state index contributed by atoms with van der Waals surface area (Å²) in [7, 11) is 1.87. The average Bonchev–Trinajstić information content (AvgIpc) is 3.11. The molecule has 0 saturated heterocycles. The average molecular weight is 381 g/mol. The Morgan fingerprint density at radius 1 is 1.33 bits per heavy atom. The van der Waals surface area contributed by atoms with Gasteiger partial charge >= 0.3 is 0 Å². The van der Waals surface area contributed by atoms with E-state index in [2.05, 4.69) is 10.3 Å². The van der Waals surface area contributed by atoms with Crippen molar-refractivity contribution in [2.45, 2.75) is 6.04 Å². The lowest BCUT2D eigenvalue weighted by Crippen LogP contribution is -2.34. The van der Waals surface area contributed by atoms with E-state index in [9.17, 15) is 4.79 Å². The standard InChI is InChI=1S/C20H17ClN4O2/c1-25-10-9-23-20(25)19(15-5-3-2-4-6-15)24-18(26)13-27-17-8-7-14(12-22)11-16(17)21/h2-11,19H,13H2,1H3,(H,24,26)/t19-/m0/s1. The van der Waals surface area contributed by atoms with E-state index in [4.69, 9.17) is 21.6 Å². The van der Waals surface area contributed by atoms with Crippen molar-refractivity contribution < 1.29 is 9.53 Å². The molecule has 0 radical (unpaired) electrons. The molecule has 0 spiro atoms. The largest absolute Gasteiger partial charge is 0.482 e. The van der Waals surface area contributed by atoms with Crippen LogP contribution in [0.15, 0.2) is 60.9 Å². The Hall–Kier alpha value is -3.30. The van der Waals surface area contributed by atoms with Gasteiger partial charge in [0, 0.05) is 19.4 Å². The van der Waals surface area contributed by atoms with E-state index >= 15 is 0 Å². The Kier molecular flexibility index (Phi) is 5.74. The second-order valence-corrected chi connectivity index (χ2v) is 6.26. The van der Waals surface area contributed by atoms with Crippen LogP contribution in [0.25, 0.3) is 0 Å². The van der Waals surface area contributed by atoms with Crippen LogP contribution in [-0.2, 0) is 11.8 Å². The van der Waals surface area contributed by atoms with Crippen molar-refractivity contribution >= 4 is 17.5 Å². The molecule has 1 aromatic heterocycles. The highest BCUT2D eigenvalue weighted by Gasteiger charge is 2.21. The number of nitriles is 1. The minimum absolute atomic E-state index is 0.209. The smallest absolute Gasteiger partial charge is 0.258 e. The first-order chi connectivity index (χ1) is 13.1. The summed E-state index contributed by atoms with van der Waals surface area (Å²) < 4.78 is 7.36. The van der Waals surface area contributed by atoms with Gasteiger partial charge in [0.05, 0.1) is 16.7 Å². The van der Waals surface area contributed by atoms with E-state index in [1.165, 1.54) is 6.07 Å². The highest BCUT2D eigenvalue weighted by Crippen LogP contribution is 2.25. The number of halogens is 1. The third kappa shape index (κ3) is 4.46. The van der Waals surface area contributed by atoms with Crippen LogP contribution in [0, 0.1) is 11.3 Å². The van der Waals surface area contributed by atoms with Crippen molar-refractivity contribution in [2.75, 3.05) is 6.61 Å². The Labute approximate surface area is 162 Å². The van der Waals surface area contributed by atoms with E-state index in [1.54, 1.807) is 18.3 Å². The number of benzene rings is 2. The van der Waals surface area contributed by atoms with Gasteiger partial charge < -0.3 is 14.6 Å². The number of aryl methyl sites for hydroxylation is 1. The lowest BCUT2D eigenvalue weighted by molar-refractivity contribution is -0.123.